The van der Waals surface area contributed by atoms with Gasteiger partial charge in [0.15, 0.2) is 0 Å². The van der Waals surface area contributed by atoms with Gasteiger partial charge in [-0.15, -0.1) is 0 Å². The lowest BCUT2D eigenvalue weighted by molar-refractivity contribution is 0.463. The van der Waals surface area contributed by atoms with E-state index < -0.39 is 0 Å². The van der Waals surface area contributed by atoms with E-state index in [-0.39, 0.29) is 0 Å². The number of hydrogen-bond donors (Lipinski definition) is 1. The molecular weight excluding hydrogens is 226 g/mol. The number of benzene rings is 1. The molecule has 1 fully saturated rings. The predicted octanol–water partition coefficient (Wildman–Crippen LogP) is 2.96. The third-order valence-corrected chi connectivity index (χ3v) is 4.35. The van der Waals surface area contributed by atoms with Crippen LogP contribution in [0.25, 0.3) is 0 Å². The summed E-state index contributed by atoms with van der Waals surface area (Å²) in [6.45, 7) is 0. The van der Waals surface area contributed by atoms with Crippen LogP contribution in [0, 0.1) is 5.92 Å². The minimum Gasteiger partial charge on any atom is -0.327 e. The SMILES string of the molecule is NC(Cc1cccc(Cl)c1)C1CCSC1. The molecular formula is C12H16ClNS. The minimum atomic E-state index is 0.290. The standard InChI is InChI=1S/C12H16ClNS/c13-11-3-1-2-9(6-11)7-12(14)10-4-5-15-8-10/h1-3,6,10,12H,4-5,7-8,14H2. The molecule has 0 amide bonds. The summed E-state index contributed by atoms with van der Waals surface area (Å²) in [5.41, 5.74) is 7.46. The number of halogens is 1. The highest BCUT2D eigenvalue weighted by Crippen LogP contribution is 2.27. The Bertz CT molecular complexity index is 323. The van der Waals surface area contributed by atoms with E-state index in [1.807, 2.05) is 30.0 Å². The summed E-state index contributed by atoms with van der Waals surface area (Å²) in [5, 5.41) is 0.806. The fraction of sp³-hybridized carbons (Fsp3) is 0.500. The van der Waals surface area contributed by atoms with Gasteiger partial charge >= 0.3 is 0 Å². The van der Waals surface area contributed by atoms with E-state index in [2.05, 4.69) is 6.07 Å². The summed E-state index contributed by atoms with van der Waals surface area (Å²) in [6.07, 6.45) is 2.22. The van der Waals surface area contributed by atoms with Crippen LogP contribution in [0.1, 0.15) is 12.0 Å². The smallest absolute Gasteiger partial charge is 0.0408 e. The molecule has 1 saturated heterocycles. The second-order valence-electron chi connectivity index (χ2n) is 4.12. The summed E-state index contributed by atoms with van der Waals surface area (Å²) in [7, 11) is 0. The van der Waals surface area contributed by atoms with E-state index in [1.165, 1.54) is 23.5 Å². The first-order valence-corrected chi connectivity index (χ1v) is 6.87. The van der Waals surface area contributed by atoms with Crippen LogP contribution in [0.4, 0.5) is 0 Å². The molecule has 2 N–H and O–H groups in total. The third-order valence-electron chi connectivity index (χ3n) is 2.93. The van der Waals surface area contributed by atoms with Crippen molar-refractivity contribution in [3.63, 3.8) is 0 Å². The molecule has 1 aliphatic heterocycles. The van der Waals surface area contributed by atoms with Crippen LogP contribution in [0.3, 0.4) is 0 Å². The van der Waals surface area contributed by atoms with Crippen molar-refractivity contribution >= 4 is 23.4 Å². The van der Waals surface area contributed by atoms with Gasteiger partial charge in [0.2, 0.25) is 0 Å². The van der Waals surface area contributed by atoms with E-state index in [9.17, 15) is 0 Å². The van der Waals surface area contributed by atoms with E-state index in [1.54, 1.807) is 0 Å². The lowest BCUT2D eigenvalue weighted by atomic mass is 9.94. The van der Waals surface area contributed by atoms with Crippen molar-refractivity contribution < 1.29 is 0 Å². The first-order chi connectivity index (χ1) is 7.25. The van der Waals surface area contributed by atoms with Crippen molar-refractivity contribution in [2.75, 3.05) is 11.5 Å². The van der Waals surface area contributed by atoms with Crippen LogP contribution < -0.4 is 5.73 Å². The maximum Gasteiger partial charge on any atom is 0.0408 e. The van der Waals surface area contributed by atoms with E-state index in [0.717, 1.165) is 11.4 Å². The number of rotatable bonds is 3. The van der Waals surface area contributed by atoms with Crippen molar-refractivity contribution in [1.82, 2.24) is 0 Å². The first kappa shape index (κ1) is 11.3. The second kappa shape index (κ2) is 5.24. The average Bonchev–Trinajstić information content (AvgIpc) is 2.70. The van der Waals surface area contributed by atoms with Crippen molar-refractivity contribution in [3.05, 3.63) is 34.9 Å². The average molecular weight is 242 g/mol. The Morgan fingerprint density at radius 2 is 2.40 bits per heavy atom. The molecule has 3 heteroatoms. The second-order valence-corrected chi connectivity index (χ2v) is 5.71. The van der Waals surface area contributed by atoms with Gasteiger partial charge in [-0.3, -0.25) is 0 Å². The highest BCUT2D eigenvalue weighted by molar-refractivity contribution is 7.99. The summed E-state index contributed by atoms with van der Waals surface area (Å²) in [6, 6.07) is 8.31. The summed E-state index contributed by atoms with van der Waals surface area (Å²) >= 11 is 7.96. The molecule has 1 nitrogen and oxygen atoms in total. The van der Waals surface area contributed by atoms with Crippen LogP contribution in [0.5, 0.6) is 0 Å². The molecule has 0 aliphatic carbocycles. The number of nitrogens with two attached hydrogens (primary N) is 1. The van der Waals surface area contributed by atoms with Gasteiger partial charge < -0.3 is 5.73 Å². The molecule has 0 saturated carbocycles. The molecule has 1 heterocycles. The zero-order chi connectivity index (χ0) is 10.7. The van der Waals surface area contributed by atoms with E-state index in [0.29, 0.717) is 12.0 Å². The Morgan fingerprint density at radius 3 is 3.07 bits per heavy atom. The number of hydrogen-bond acceptors (Lipinski definition) is 2. The Balaban J connectivity index is 1.95. The van der Waals surface area contributed by atoms with Gasteiger partial charge in [0.1, 0.15) is 0 Å². The highest BCUT2D eigenvalue weighted by atomic mass is 35.5. The molecule has 2 atom stereocenters. The zero-order valence-corrected chi connectivity index (χ0v) is 10.2. The topological polar surface area (TPSA) is 26.0 Å². The number of thioether (sulfide) groups is 1. The molecule has 0 bridgehead atoms. The Hall–Kier alpha value is -0.180. The largest absolute Gasteiger partial charge is 0.327 e. The maximum absolute atomic E-state index is 6.20. The van der Waals surface area contributed by atoms with Crippen LogP contribution in [0.2, 0.25) is 5.02 Å². The fourth-order valence-corrected chi connectivity index (χ4v) is 3.56. The van der Waals surface area contributed by atoms with Crippen LogP contribution in [-0.2, 0) is 6.42 Å². The summed E-state index contributed by atoms with van der Waals surface area (Å²) in [5.74, 6) is 3.18. The van der Waals surface area contributed by atoms with Gasteiger partial charge in [0.25, 0.3) is 0 Å². The van der Waals surface area contributed by atoms with Gasteiger partial charge in [-0.1, -0.05) is 23.7 Å². The van der Waals surface area contributed by atoms with Gasteiger partial charge in [-0.05, 0) is 48.0 Å². The third kappa shape index (κ3) is 3.13. The molecule has 0 aromatic heterocycles. The molecule has 0 spiro atoms. The fourth-order valence-electron chi connectivity index (χ4n) is 1.99. The Labute approximate surface area is 100 Å². The van der Waals surface area contributed by atoms with E-state index in [4.69, 9.17) is 17.3 Å². The molecule has 82 valence electrons. The van der Waals surface area contributed by atoms with Crippen LogP contribution >= 0.6 is 23.4 Å². The van der Waals surface area contributed by atoms with Gasteiger partial charge in [0, 0.05) is 11.1 Å². The molecule has 0 radical (unpaired) electrons. The van der Waals surface area contributed by atoms with Crippen LogP contribution in [0.15, 0.2) is 24.3 Å². The molecule has 2 unspecified atom stereocenters. The molecule has 1 aromatic carbocycles. The quantitative estimate of drug-likeness (QED) is 0.881. The molecule has 2 rings (SSSR count). The van der Waals surface area contributed by atoms with Gasteiger partial charge in [-0.25, -0.2) is 0 Å². The van der Waals surface area contributed by atoms with E-state index >= 15 is 0 Å². The first-order valence-electron chi connectivity index (χ1n) is 5.33. The molecule has 15 heavy (non-hydrogen) atoms. The van der Waals surface area contributed by atoms with Crippen molar-refractivity contribution in [2.45, 2.75) is 18.9 Å². The Kier molecular flexibility index (Phi) is 3.95. The van der Waals surface area contributed by atoms with Crippen LogP contribution in [-0.4, -0.2) is 17.5 Å². The van der Waals surface area contributed by atoms with Crippen molar-refractivity contribution in [2.24, 2.45) is 11.7 Å². The monoisotopic (exact) mass is 241 g/mol. The van der Waals surface area contributed by atoms with Crippen molar-refractivity contribution in [3.8, 4) is 0 Å². The van der Waals surface area contributed by atoms with Gasteiger partial charge in [-0.2, -0.15) is 11.8 Å². The van der Waals surface area contributed by atoms with Gasteiger partial charge in [0.05, 0.1) is 0 Å². The Morgan fingerprint density at radius 1 is 1.53 bits per heavy atom. The summed E-state index contributed by atoms with van der Waals surface area (Å²) < 4.78 is 0. The zero-order valence-electron chi connectivity index (χ0n) is 8.66. The lowest BCUT2D eigenvalue weighted by Gasteiger charge is -2.18. The highest BCUT2D eigenvalue weighted by Gasteiger charge is 2.22. The maximum atomic E-state index is 6.20. The minimum absolute atomic E-state index is 0.290. The lowest BCUT2D eigenvalue weighted by Crippen LogP contribution is -2.32. The predicted molar refractivity (Wildman–Crippen MR) is 68.6 cm³/mol. The van der Waals surface area contributed by atoms with Crippen molar-refractivity contribution in [1.29, 1.82) is 0 Å². The molecule has 1 aromatic rings. The summed E-state index contributed by atoms with van der Waals surface area (Å²) in [4.78, 5) is 0. The normalized spacial score (nSPS) is 22.9. The molecule has 1 aliphatic rings.